The van der Waals surface area contributed by atoms with E-state index in [1.54, 1.807) is 0 Å². The second-order valence-corrected chi connectivity index (χ2v) is 16.4. The lowest BCUT2D eigenvalue weighted by atomic mass is 9.73. The standard InChI is InChI=1S/C51H49N3/c1-4-39-47(34-19-10-6-11-20-34)52-50(35-21-12-7-13-22-35)53-48(39)37-23-16-24-38(31-37)54-45-30-27-36(33-17-8-5-9-18-33)32-42(45)40-28-29-44-46(49(40)54)41-25-14-15-26-43(41)51(44,2)3/h5-15,17-22,24-30,32,37,39,47-48,50,52-53H,4,16,23,31H2,1-3H3. The smallest absolute Gasteiger partial charge is 0.0842 e. The molecule has 0 radical (unpaired) electrons. The van der Waals surface area contributed by atoms with E-state index >= 15 is 0 Å². The van der Waals surface area contributed by atoms with Crippen molar-refractivity contribution in [2.75, 3.05) is 0 Å². The van der Waals surface area contributed by atoms with Crippen LogP contribution in [0.4, 0.5) is 0 Å². The van der Waals surface area contributed by atoms with Crippen molar-refractivity contribution in [2.45, 2.75) is 70.1 Å². The van der Waals surface area contributed by atoms with Gasteiger partial charge in [0.15, 0.2) is 0 Å². The van der Waals surface area contributed by atoms with Crippen LogP contribution in [0.5, 0.6) is 0 Å². The predicted molar refractivity (Wildman–Crippen MR) is 226 cm³/mol. The van der Waals surface area contributed by atoms with Crippen LogP contribution in [0.1, 0.15) is 80.9 Å². The third-order valence-electron chi connectivity index (χ3n) is 13.1. The Kier molecular flexibility index (Phi) is 8.19. The highest BCUT2D eigenvalue weighted by Gasteiger charge is 2.42. The lowest BCUT2D eigenvalue weighted by Crippen LogP contribution is -2.57. The molecule has 0 spiro atoms. The van der Waals surface area contributed by atoms with Gasteiger partial charge in [0, 0.05) is 39.5 Å². The summed E-state index contributed by atoms with van der Waals surface area (Å²) in [6.07, 6.45) is 7.06. The number of nitrogens with one attached hydrogen (secondary N) is 2. The minimum absolute atomic E-state index is 0.0631. The van der Waals surface area contributed by atoms with Gasteiger partial charge in [0.1, 0.15) is 0 Å². The molecule has 2 heterocycles. The van der Waals surface area contributed by atoms with Crippen LogP contribution in [0.3, 0.4) is 0 Å². The van der Waals surface area contributed by atoms with Crippen molar-refractivity contribution in [3.05, 3.63) is 174 Å². The highest BCUT2D eigenvalue weighted by molar-refractivity contribution is 6.17. The molecule has 54 heavy (non-hydrogen) atoms. The quantitative estimate of drug-likeness (QED) is 0.181. The lowest BCUT2D eigenvalue weighted by molar-refractivity contribution is 0.110. The molecule has 3 heteroatoms. The molecule has 6 aromatic carbocycles. The zero-order valence-electron chi connectivity index (χ0n) is 31.6. The molecule has 3 aliphatic rings. The summed E-state index contributed by atoms with van der Waals surface area (Å²) in [6, 6.07) is 54.8. The minimum Gasteiger partial charge on any atom is -0.313 e. The number of hydrogen-bond donors (Lipinski definition) is 2. The van der Waals surface area contributed by atoms with Crippen LogP contribution in [0, 0.1) is 11.8 Å². The van der Waals surface area contributed by atoms with E-state index < -0.39 is 0 Å². The molecular weight excluding hydrogens is 655 g/mol. The fourth-order valence-corrected chi connectivity index (χ4v) is 10.5. The van der Waals surface area contributed by atoms with E-state index in [0.29, 0.717) is 17.9 Å². The van der Waals surface area contributed by atoms with Gasteiger partial charge < -0.3 is 4.57 Å². The van der Waals surface area contributed by atoms with Crippen molar-refractivity contribution in [1.29, 1.82) is 0 Å². The molecule has 0 bridgehead atoms. The number of benzene rings is 6. The Bertz CT molecular complexity index is 2510. The lowest BCUT2D eigenvalue weighted by Gasteiger charge is -2.48. The van der Waals surface area contributed by atoms with E-state index in [2.05, 4.69) is 188 Å². The second-order valence-electron chi connectivity index (χ2n) is 16.4. The predicted octanol–water partition coefficient (Wildman–Crippen LogP) is 12.4. The number of fused-ring (bicyclic) bond motifs is 7. The first kappa shape index (κ1) is 33.4. The maximum absolute atomic E-state index is 4.22. The summed E-state index contributed by atoms with van der Waals surface area (Å²) in [4.78, 5) is 0. The molecule has 0 amide bonds. The van der Waals surface area contributed by atoms with Crippen molar-refractivity contribution in [3.63, 3.8) is 0 Å². The Labute approximate surface area is 319 Å². The first-order valence-corrected chi connectivity index (χ1v) is 20.1. The maximum atomic E-state index is 4.22. The third kappa shape index (κ3) is 5.32. The monoisotopic (exact) mass is 703 g/mol. The summed E-state index contributed by atoms with van der Waals surface area (Å²) in [7, 11) is 0. The number of rotatable bonds is 6. The number of nitrogens with zero attached hydrogens (tertiary/aromatic N) is 1. The SMILES string of the molecule is CCC1C(c2ccccc2)NC(c2ccccc2)NC1C1CCC=C(n2c3ccc(-c4ccccc4)cc3c3ccc4c(c32)-c2ccccc2C4(C)C)C1. The Morgan fingerprint density at radius 3 is 2.13 bits per heavy atom. The fraction of sp³-hybridized carbons (Fsp3) is 0.255. The molecule has 7 aromatic rings. The van der Waals surface area contributed by atoms with Gasteiger partial charge in [-0.3, -0.25) is 10.6 Å². The number of allylic oxidation sites excluding steroid dienone is 2. The van der Waals surface area contributed by atoms with Crippen molar-refractivity contribution in [1.82, 2.24) is 15.2 Å². The zero-order valence-corrected chi connectivity index (χ0v) is 31.6. The first-order chi connectivity index (χ1) is 26.5. The summed E-state index contributed by atoms with van der Waals surface area (Å²) in [5.41, 5.74) is 14.9. The van der Waals surface area contributed by atoms with Crippen LogP contribution >= 0.6 is 0 Å². The Morgan fingerprint density at radius 2 is 1.37 bits per heavy atom. The minimum atomic E-state index is -0.0631. The van der Waals surface area contributed by atoms with E-state index in [4.69, 9.17) is 0 Å². The van der Waals surface area contributed by atoms with E-state index in [1.807, 2.05) is 0 Å². The van der Waals surface area contributed by atoms with Crippen LogP contribution in [0.25, 0.3) is 49.8 Å². The topological polar surface area (TPSA) is 29.0 Å². The van der Waals surface area contributed by atoms with Crippen molar-refractivity contribution >= 4 is 27.5 Å². The first-order valence-electron chi connectivity index (χ1n) is 20.1. The van der Waals surface area contributed by atoms with Crippen molar-refractivity contribution in [3.8, 4) is 22.3 Å². The van der Waals surface area contributed by atoms with Gasteiger partial charge >= 0.3 is 0 Å². The van der Waals surface area contributed by atoms with Gasteiger partial charge in [0.2, 0.25) is 0 Å². The fourth-order valence-electron chi connectivity index (χ4n) is 10.5. The molecule has 2 aliphatic carbocycles. The van der Waals surface area contributed by atoms with Crippen LogP contribution in [0.2, 0.25) is 0 Å². The van der Waals surface area contributed by atoms with Gasteiger partial charge in [0.25, 0.3) is 0 Å². The van der Waals surface area contributed by atoms with E-state index in [0.717, 1.165) is 19.3 Å². The van der Waals surface area contributed by atoms with Gasteiger partial charge in [-0.1, -0.05) is 160 Å². The van der Waals surface area contributed by atoms with Crippen LogP contribution < -0.4 is 10.6 Å². The summed E-state index contributed by atoms with van der Waals surface area (Å²) in [6.45, 7) is 7.19. The molecule has 268 valence electrons. The normalized spacial score (nSPS) is 23.2. The van der Waals surface area contributed by atoms with Gasteiger partial charge in [-0.15, -0.1) is 0 Å². The largest absolute Gasteiger partial charge is 0.313 e. The van der Waals surface area contributed by atoms with Crippen LogP contribution in [0.15, 0.2) is 152 Å². The van der Waals surface area contributed by atoms with Crippen LogP contribution in [-0.2, 0) is 5.41 Å². The molecule has 1 fully saturated rings. The van der Waals surface area contributed by atoms with E-state index in [1.165, 1.54) is 78.4 Å². The Hall–Kier alpha value is -5.22. The molecule has 3 nitrogen and oxygen atoms in total. The molecule has 1 saturated heterocycles. The average Bonchev–Trinajstić information content (AvgIpc) is 3.69. The second kappa shape index (κ2) is 13.3. The molecule has 1 aliphatic heterocycles. The number of aromatic nitrogens is 1. The molecular formula is C51H49N3. The third-order valence-corrected chi connectivity index (χ3v) is 13.1. The summed E-state index contributed by atoms with van der Waals surface area (Å²) in [5.74, 6) is 0.950. The highest BCUT2D eigenvalue weighted by Crippen LogP contribution is 2.54. The highest BCUT2D eigenvalue weighted by atomic mass is 15.2. The molecule has 5 unspecified atom stereocenters. The van der Waals surface area contributed by atoms with Crippen molar-refractivity contribution < 1.29 is 0 Å². The summed E-state index contributed by atoms with van der Waals surface area (Å²) in [5, 5.41) is 11.0. The molecule has 10 rings (SSSR count). The van der Waals surface area contributed by atoms with Gasteiger partial charge in [-0.25, -0.2) is 0 Å². The van der Waals surface area contributed by atoms with Crippen LogP contribution in [-0.4, -0.2) is 10.6 Å². The number of hydrogen-bond acceptors (Lipinski definition) is 2. The summed E-state index contributed by atoms with van der Waals surface area (Å²) >= 11 is 0. The molecule has 1 aromatic heterocycles. The maximum Gasteiger partial charge on any atom is 0.0842 e. The van der Waals surface area contributed by atoms with Gasteiger partial charge in [-0.2, -0.15) is 0 Å². The average molecular weight is 704 g/mol. The van der Waals surface area contributed by atoms with E-state index in [-0.39, 0.29) is 17.6 Å². The van der Waals surface area contributed by atoms with Crippen molar-refractivity contribution in [2.24, 2.45) is 11.8 Å². The van der Waals surface area contributed by atoms with Gasteiger partial charge in [-0.05, 0) is 88.6 Å². The Morgan fingerprint density at radius 1 is 0.667 bits per heavy atom. The molecule has 0 saturated carbocycles. The summed E-state index contributed by atoms with van der Waals surface area (Å²) < 4.78 is 2.69. The Balaban J connectivity index is 1.13. The van der Waals surface area contributed by atoms with Gasteiger partial charge in [0.05, 0.1) is 17.2 Å². The van der Waals surface area contributed by atoms with E-state index in [9.17, 15) is 0 Å². The molecule has 5 atom stereocenters. The zero-order chi connectivity index (χ0) is 36.4. The molecule has 2 N–H and O–H groups in total.